The van der Waals surface area contributed by atoms with Crippen LogP contribution in [-0.2, 0) is 14.4 Å². The molecule has 0 aliphatic carbocycles. The molecule has 1 heterocycles. The molecule has 3 rings (SSSR count). The van der Waals surface area contributed by atoms with Gasteiger partial charge in [-0.25, -0.2) is 0 Å². The Bertz CT molecular complexity index is 895. The van der Waals surface area contributed by atoms with E-state index in [1.54, 1.807) is 37.3 Å². The van der Waals surface area contributed by atoms with Gasteiger partial charge in [0, 0.05) is 12.7 Å². The van der Waals surface area contributed by atoms with Crippen molar-refractivity contribution in [3.63, 3.8) is 0 Å². The molecular weight excluding hydrogens is 358 g/mol. The molecule has 0 aromatic heterocycles. The predicted octanol–water partition coefficient (Wildman–Crippen LogP) is 2.21. The lowest BCUT2D eigenvalue weighted by Crippen LogP contribution is -2.49. The first kappa shape index (κ1) is 19.4. The fourth-order valence-electron chi connectivity index (χ4n) is 2.92. The summed E-state index contributed by atoms with van der Waals surface area (Å²) in [5.41, 5.74) is 2.31. The number of para-hydroxylation sites is 2. The number of fused-ring (bicyclic) bond motifs is 1. The van der Waals surface area contributed by atoms with Gasteiger partial charge in [-0.3, -0.25) is 19.3 Å². The fourth-order valence-corrected chi connectivity index (χ4v) is 2.92. The molecule has 7 heteroatoms. The third-order valence-electron chi connectivity index (χ3n) is 4.51. The molecule has 0 bridgehead atoms. The molecule has 2 aromatic rings. The topological polar surface area (TPSA) is 79.0 Å². The van der Waals surface area contributed by atoms with Crippen LogP contribution in [0, 0.1) is 6.92 Å². The summed E-state index contributed by atoms with van der Waals surface area (Å²) in [6.45, 7) is 3.35. The molecule has 0 fully saturated rings. The Hall–Kier alpha value is -3.35. The highest BCUT2D eigenvalue weighted by atomic mass is 16.5. The van der Waals surface area contributed by atoms with Gasteiger partial charge < -0.3 is 15.0 Å². The van der Waals surface area contributed by atoms with E-state index < -0.39 is 6.10 Å². The first-order valence-electron chi connectivity index (χ1n) is 9.02. The number of amides is 3. The minimum atomic E-state index is -0.669. The van der Waals surface area contributed by atoms with Gasteiger partial charge in [-0.1, -0.05) is 29.8 Å². The highest BCUT2D eigenvalue weighted by Crippen LogP contribution is 2.33. The number of rotatable bonds is 5. The van der Waals surface area contributed by atoms with E-state index in [1.165, 1.54) is 16.8 Å². The number of nitrogens with one attached hydrogen (secondary N) is 1. The highest BCUT2D eigenvalue weighted by molar-refractivity contribution is 6.04. The molecule has 1 unspecified atom stereocenters. The predicted molar refractivity (Wildman–Crippen MR) is 106 cm³/mol. The summed E-state index contributed by atoms with van der Waals surface area (Å²) in [5.74, 6) is -0.371. The number of hydrogen-bond acceptors (Lipinski definition) is 4. The van der Waals surface area contributed by atoms with Crippen molar-refractivity contribution in [3.05, 3.63) is 54.1 Å². The third-order valence-corrected chi connectivity index (χ3v) is 4.51. The van der Waals surface area contributed by atoms with Gasteiger partial charge in [0.05, 0.1) is 12.2 Å². The Kier molecular flexibility index (Phi) is 5.63. The van der Waals surface area contributed by atoms with Gasteiger partial charge >= 0.3 is 0 Å². The molecule has 1 aliphatic rings. The van der Waals surface area contributed by atoms with Crippen LogP contribution in [0.3, 0.4) is 0 Å². The van der Waals surface area contributed by atoms with Crippen LogP contribution in [0.2, 0.25) is 0 Å². The zero-order chi connectivity index (χ0) is 20.3. The maximum Gasteiger partial charge on any atom is 0.268 e. The number of aryl methyl sites for hydroxylation is 1. The summed E-state index contributed by atoms with van der Waals surface area (Å²) >= 11 is 0. The number of benzene rings is 2. The molecular formula is C21H23N3O4. The van der Waals surface area contributed by atoms with E-state index in [2.05, 4.69) is 5.32 Å². The van der Waals surface area contributed by atoms with Gasteiger partial charge in [0.1, 0.15) is 12.3 Å². The summed E-state index contributed by atoms with van der Waals surface area (Å²) < 4.78 is 5.58. The van der Waals surface area contributed by atoms with Crippen molar-refractivity contribution >= 4 is 29.1 Å². The molecule has 0 radical (unpaired) electrons. The van der Waals surface area contributed by atoms with Crippen LogP contribution in [0.4, 0.5) is 11.4 Å². The number of nitrogens with zero attached hydrogens (tertiary/aromatic N) is 2. The molecule has 2 aromatic carbocycles. The van der Waals surface area contributed by atoms with E-state index in [1.807, 2.05) is 25.1 Å². The minimum Gasteiger partial charge on any atom is -0.479 e. The van der Waals surface area contributed by atoms with Crippen LogP contribution < -0.4 is 15.0 Å². The summed E-state index contributed by atoms with van der Waals surface area (Å²) in [6, 6.07) is 14.5. The molecule has 1 atom stereocenters. The van der Waals surface area contributed by atoms with E-state index in [-0.39, 0.29) is 30.8 Å². The lowest BCUT2D eigenvalue weighted by Gasteiger charge is -2.33. The average Bonchev–Trinajstić information content (AvgIpc) is 2.67. The first-order chi connectivity index (χ1) is 13.3. The van der Waals surface area contributed by atoms with Gasteiger partial charge in [-0.15, -0.1) is 0 Å². The van der Waals surface area contributed by atoms with Gasteiger partial charge in [0.25, 0.3) is 5.91 Å². The van der Waals surface area contributed by atoms with E-state index in [4.69, 9.17) is 4.74 Å². The Morgan fingerprint density at radius 2 is 1.82 bits per heavy atom. The number of carbonyl (C=O) groups excluding carboxylic acids is 3. The Balaban J connectivity index is 1.63. The standard InChI is InChI=1S/C21H23N3O4/c1-14-8-10-16(11-9-14)22-19(25)12-23(3)20(26)13-24-17-6-4-5-7-18(17)28-15(2)21(24)27/h4-11,15H,12-13H2,1-3H3,(H,22,25). The zero-order valence-corrected chi connectivity index (χ0v) is 16.1. The summed E-state index contributed by atoms with van der Waals surface area (Å²) in [7, 11) is 1.54. The van der Waals surface area contributed by atoms with E-state index in [9.17, 15) is 14.4 Å². The van der Waals surface area contributed by atoms with E-state index >= 15 is 0 Å². The number of likely N-dealkylation sites (N-methyl/N-ethyl adjacent to an activating group) is 1. The van der Waals surface area contributed by atoms with Crippen molar-refractivity contribution in [2.45, 2.75) is 20.0 Å². The summed E-state index contributed by atoms with van der Waals surface area (Å²) in [4.78, 5) is 40.0. The fraction of sp³-hybridized carbons (Fsp3) is 0.286. The van der Waals surface area contributed by atoms with E-state index in [0.717, 1.165) is 5.56 Å². The largest absolute Gasteiger partial charge is 0.479 e. The number of anilines is 2. The second-order valence-corrected chi connectivity index (χ2v) is 6.82. The smallest absolute Gasteiger partial charge is 0.268 e. The van der Waals surface area contributed by atoms with Crippen molar-refractivity contribution < 1.29 is 19.1 Å². The summed E-state index contributed by atoms with van der Waals surface area (Å²) in [6.07, 6.45) is -0.669. The third kappa shape index (κ3) is 4.31. The zero-order valence-electron chi connectivity index (χ0n) is 16.1. The lowest BCUT2D eigenvalue weighted by atomic mass is 10.2. The average molecular weight is 381 g/mol. The van der Waals surface area contributed by atoms with Gasteiger partial charge in [0.2, 0.25) is 11.8 Å². The maximum atomic E-state index is 12.6. The Labute approximate surface area is 163 Å². The quantitative estimate of drug-likeness (QED) is 0.861. The van der Waals surface area contributed by atoms with Gasteiger partial charge in [0.15, 0.2) is 6.10 Å². The molecule has 0 saturated carbocycles. The summed E-state index contributed by atoms with van der Waals surface area (Å²) in [5, 5.41) is 2.76. The molecule has 146 valence electrons. The second kappa shape index (κ2) is 8.12. The number of carbonyl (C=O) groups is 3. The van der Waals surface area contributed by atoms with Crippen LogP contribution >= 0.6 is 0 Å². The molecule has 1 N–H and O–H groups in total. The van der Waals surface area contributed by atoms with Crippen LogP contribution in [0.15, 0.2) is 48.5 Å². The number of ether oxygens (including phenoxy) is 1. The van der Waals surface area contributed by atoms with Gasteiger partial charge in [-0.2, -0.15) is 0 Å². The van der Waals surface area contributed by atoms with E-state index in [0.29, 0.717) is 17.1 Å². The monoisotopic (exact) mass is 381 g/mol. The lowest BCUT2D eigenvalue weighted by molar-refractivity contribution is -0.134. The maximum absolute atomic E-state index is 12.6. The van der Waals surface area contributed by atoms with Crippen molar-refractivity contribution in [2.75, 3.05) is 30.4 Å². The molecule has 28 heavy (non-hydrogen) atoms. The molecule has 0 spiro atoms. The van der Waals surface area contributed by atoms with Crippen molar-refractivity contribution in [1.82, 2.24) is 4.90 Å². The van der Waals surface area contributed by atoms with Crippen LogP contribution in [-0.4, -0.2) is 48.9 Å². The van der Waals surface area contributed by atoms with Crippen LogP contribution in [0.5, 0.6) is 5.75 Å². The molecule has 3 amide bonds. The van der Waals surface area contributed by atoms with Crippen LogP contribution in [0.25, 0.3) is 0 Å². The highest BCUT2D eigenvalue weighted by Gasteiger charge is 2.33. The Morgan fingerprint density at radius 1 is 1.14 bits per heavy atom. The van der Waals surface area contributed by atoms with Gasteiger partial charge in [-0.05, 0) is 38.1 Å². The first-order valence-corrected chi connectivity index (χ1v) is 9.02. The minimum absolute atomic E-state index is 0.109. The number of hydrogen-bond donors (Lipinski definition) is 1. The van der Waals surface area contributed by atoms with Crippen LogP contribution in [0.1, 0.15) is 12.5 Å². The van der Waals surface area contributed by atoms with Crippen molar-refractivity contribution in [1.29, 1.82) is 0 Å². The second-order valence-electron chi connectivity index (χ2n) is 6.82. The van der Waals surface area contributed by atoms with Crippen molar-refractivity contribution in [2.24, 2.45) is 0 Å². The molecule has 7 nitrogen and oxygen atoms in total. The Morgan fingerprint density at radius 3 is 2.54 bits per heavy atom. The SMILES string of the molecule is Cc1ccc(NC(=O)CN(C)C(=O)CN2C(=O)C(C)Oc3ccccc32)cc1. The molecule has 0 saturated heterocycles. The normalized spacial score (nSPS) is 15.5. The van der Waals surface area contributed by atoms with Crippen molar-refractivity contribution in [3.8, 4) is 5.75 Å². The molecule has 1 aliphatic heterocycles.